The first-order chi connectivity index (χ1) is 8.99. The normalized spacial score (nSPS) is 18.4. The summed E-state index contributed by atoms with van der Waals surface area (Å²) in [7, 11) is -3.06. The lowest BCUT2D eigenvalue weighted by atomic mass is 10.2. The second-order valence-corrected chi connectivity index (χ2v) is 6.61. The highest BCUT2D eigenvalue weighted by Crippen LogP contribution is 2.12. The molecule has 1 fully saturated rings. The third-order valence-corrected chi connectivity index (χ3v) is 4.48. The molecule has 7 nitrogen and oxygen atoms in total. The first kappa shape index (κ1) is 14.2. The van der Waals surface area contributed by atoms with Crippen molar-refractivity contribution in [2.24, 2.45) is 5.84 Å². The van der Waals surface area contributed by atoms with Crippen LogP contribution in [0.4, 0.5) is 5.82 Å². The Morgan fingerprint density at radius 3 is 2.63 bits per heavy atom. The second kappa shape index (κ2) is 5.83. The summed E-state index contributed by atoms with van der Waals surface area (Å²) < 4.78 is 24.3. The lowest BCUT2D eigenvalue weighted by Gasteiger charge is -2.33. The molecule has 1 aromatic rings. The number of hydrogen-bond acceptors (Lipinski definition) is 6. The van der Waals surface area contributed by atoms with Crippen LogP contribution >= 0.6 is 0 Å². The van der Waals surface area contributed by atoms with Crippen molar-refractivity contribution in [2.75, 3.05) is 37.9 Å². The Balaban J connectivity index is 1.92. The van der Waals surface area contributed by atoms with Crippen LogP contribution in [0.15, 0.2) is 18.3 Å². The molecule has 106 valence electrons. The van der Waals surface area contributed by atoms with Gasteiger partial charge in [-0.3, -0.25) is 4.90 Å². The van der Waals surface area contributed by atoms with Crippen molar-refractivity contribution in [2.45, 2.75) is 6.54 Å². The van der Waals surface area contributed by atoms with Gasteiger partial charge in [0.25, 0.3) is 0 Å². The quantitative estimate of drug-likeness (QED) is 0.569. The molecule has 0 bridgehead atoms. The molecule has 0 amide bonds. The minimum absolute atomic E-state index is 0.548. The first-order valence-corrected chi connectivity index (χ1v) is 7.93. The molecule has 0 aliphatic carbocycles. The van der Waals surface area contributed by atoms with Crippen LogP contribution in [0.1, 0.15) is 5.56 Å². The minimum atomic E-state index is -3.06. The summed E-state index contributed by atoms with van der Waals surface area (Å²) in [6.07, 6.45) is 2.96. The zero-order chi connectivity index (χ0) is 13.9. The van der Waals surface area contributed by atoms with E-state index in [1.54, 1.807) is 6.20 Å². The highest BCUT2D eigenvalue weighted by Gasteiger charge is 2.23. The summed E-state index contributed by atoms with van der Waals surface area (Å²) in [6.45, 7) is 3.34. The van der Waals surface area contributed by atoms with Crippen LogP contribution in [-0.2, 0) is 16.6 Å². The number of pyridine rings is 1. The van der Waals surface area contributed by atoms with Crippen LogP contribution in [0.5, 0.6) is 0 Å². The summed E-state index contributed by atoms with van der Waals surface area (Å²) in [4.78, 5) is 6.27. The standard InChI is InChI=1S/C11H19N5O2S/c1-19(17,18)16-6-4-15(5-7-16)9-10-2-3-13-11(8-10)14-12/h2-3,8H,4-7,9,12H2,1H3,(H,13,14). The summed E-state index contributed by atoms with van der Waals surface area (Å²) in [5.41, 5.74) is 3.62. The molecule has 2 rings (SSSR count). The maximum Gasteiger partial charge on any atom is 0.211 e. The number of piperazine rings is 1. The third-order valence-electron chi connectivity index (χ3n) is 3.18. The van der Waals surface area contributed by atoms with Gasteiger partial charge in [-0.25, -0.2) is 19.2 Å². The zero-order valence-electron chi connectivity index (χ0n) is 10.9. The van der Waals surface area contributed by atoms with Crippen molar-refractivity contribution >= 4 is 15.8 Å². The highest BCUT2D eigenvalue weighted by atomic mass is 32.2. The summed E-state index contributed by atoms with van der Waals surface area (Å²) in [5, 5.41) is 0. The lowest BCUT2D eigenvalue weighted by molar-refractivity contribution is 0.182. The van der Waals surface area contributed by atoms with Crippen molar-refractivity contribution in [3.8, 4) is 0 Å². The van der Waals surface area contributed by atoms with Gasteiger partial charge < -0.3 is 5.43 Å². The first-order valence-electron chi connectivity index (χ1n) is 6.08. The molecule has 0 saturated carbocycles. The van der Waals surface area contributed by atoms with E-state index >= 15 is 0 Å². The summed E-state index contributed by atoms with van der Waals surface area (Å²) in [6, 6.07) is 3.83. The molecule has 0 atom stereocenters. The molecule has 19 heavy (non-hydrogen) atoms. The van der Waals surface area contributed by atoms with Gasteiger partial charge in [0.2, 0.25) is 10.0 Å². The number of hydrazine groups is 1. The van der Waals surface area contributed by atoms with E-state index in [2.05, 4.69) is 15.3 Å². The molecular formula is C11H19N5O2S. The van der Waals surface area contributed by atoms with Gasteiger partial charge in [-0.05, 0) is 17.7 Å². The number of aromatic nitrogens is 1. The van der Waals surface area contributed by atoms with Gasteiger partial charge in [0.1, 0.15) is 5.82 Å². The third kappa shape index (κ3) is 3.87. The smallest absolute Gasteiger partial charge is 0.211 e. The second-order valence-electron chi connectivity index (χ2n) is 4.63. The lowest BCUT2D eigenvalue weighted by Crippen LogP contribution is -2.47. The average molecular weight is 285 g/mol. The molecule has 2 heterocycles. The van der Waals surface area contributed by atoms with E-state index in [9.17, 15) is 8.42 Å². The number of nitrogens with one attached hydrogen (secondary N) is 1. The fourth-order valence-corrected chi connectivity index (χ4v) is 2.96. The Hall–Kier alpha value is -1.22. The van der Waals surface area contributed by atoms with Gasteiger partial charge in [-0.1, -0.05) is 0 Å². The van der Waals surface area contributed by atoms with Crippen LogP contribution in [0.25, 0.3) is 0 Å². The number of anilines is 1. The summed E-state index contributed by atoms with van der Waals surface area (Å²) in [5.74, 6) is 5.95. The fraction of sp³-hybridized carbons (Fsp3) is 0.545. The van der Waals surface area contributed by atoms with Gasteiger partial charge in [-0.2, -0.15) is 4.31 Å². The molecule has 1 aliphatic rings. The van der Waals surface area contributed by atoms with Crippen molar-refractivity contribution in [1.29, 1.82) is 0 Å². The van der Waals surface area contributed by atoms with Gasteiger partial charge in [0.05, 0.1) is 6.26 Å². The predicted octanol–water partition coefficient (Wildman–Crippen LogP) is -0.556. The maximum absolute atomic E-state index is 11.4. The van der Waals surface area contributed by atoms with Crippen molar-refractivity contribution in [1.82, 2.24) is 14.2 Å². The van der Waals surface area contributed by atoms with E-state index < -0.39 is 10.0 Å². The molecule has 8 heteroatoms. The Bertz CT molecular complexity index is 526. The Labute approximate surface area is 113 Å². The Kier molecular flexibility index (Phi) is 4.35. The number of hydrogen-bond donors (Lipinski definition) is 2. The van der Waals surface area contributed by atoms with Crippen molar-refractivity contribution in [3.63, 3.8) is 0 Å². The number of nitrogens with two attached hydrogens (primary N) is 1. The van der Waals surface area contributed by atoms with Crippen molar-refractivity contribution < 1.29 is 8.42 Å². The molecule has 1 aromatic heterocycles. The van der Waals surface area contributed by atoms with E-state index in [0.717, 1.165) is 25.2 Å². The van der Waals surface area contributed by atoms with Gasteiger partial charge >= 0.3 is 0 Å². The average Bonchev–Trinajstić information content (AvgIpc) is 2.38. The van der Waals surface area contributed by atoms with Crippen LogP contribution in [0.3, 0.4) is 0 Å². The van der Waals surface area contributed by atoms with E-state index in [-0.39, 0.29) is 0 Å². The molecule has 0 aromatic carbocycles. The zero-order valence-corrected chi connectivity index (χ0v) is 11.7. The van der Waals surface area contributed by atoms with Crippen LogP contribution < -0.4 is 11.3 Å². The van der Waals surface area contributed by atoms with Crippen molar-refractivity contribution in [3.05, 3.63) is 23.9 Å². The van der Waals surface area contributed by atoms with Gasteiger partial charge in [0.15, 0.2) is 0 Å². The molecule has 3 N–H and O–H groups in total. The predicted molar refractivity (Wildman–Crippen MR) is 73.7 cm³/mol. The Morgan fingerprint density at radius 2 is 2.05 bits per heavy atom. The van der Waals surface area contributed by atoms with Crippen LogP contribution in [0, 0.1) is 0 Å². The largest absolute Gasteiger partial charge is 0.308 e. The topological polar surface area (TPSA) is 91.6 Å². The minimum Gasteiger partial charge on any atom is -0.308 e. The molecular weight excluding hydrogens is 266 g/mol. The van der Waals surface area contributed by atoms with Gasteiger partial charge in [0, 0.05) is 38.9 Å². The molecule has 0 unspecified atom stereocenters. The van der Waals surface area contributed by atoms with E-state index in [0.29, 0.717) is 18.9 Å². The SMILES string of the molecule is CS(=O)(=O)N1CCN(Cc2ccnc(NN)c2)CC1. The molecule has 1 aliphatic heterocycles. The highest BCUT2D eigenvalue weighted by molar-refractivity contribution is 7.88. The number of rotatable bonds is 4. The van der Waals surface area contributed by atoms with E-state index in [1.807, 2.05) is 12.1 Å². The van der Waals surface area contributed by atoms with Gasteiger partial charge in [-0.15, -0.1) is 0 Å². The number of nitrogens with zero attached hydrogens (tertiary/aromatic N) is 3. The maximum atomic E-state index is 11.4. The fourth-order valence-electron chi connectivity index (χ4n) is 2.13. The van der Waals surface area contributed by atoms with Crippen LogP contribution in [0.2, 0.25) is 0 Å². The molecule has 0 radical (unpaired) electrons. The molecule has 0 spiro atoms. The molecule has 1 saturated heterocycles. The monoisotopic (exact) mass is 285 g/mol. The van der Waals surface area contributed by atoms with E-state index in [1.165, 1.54) is 10.6 Å². The summed E-state index contributed by atoms with van der Waals surface area (Å²) >= 11 is 0. The van der Waals surface area contributed by atoms with E-state index in [4.69, 9.17) is 5.84 Å². The Morgan fingerprint density at radius 1 is 1.37 bits per heavy atom. The number of sulfonamides is 1. The number of nitrogen functional groups attached to an aromatic ring is 1. The van der Waals surface area contributed by atoms with Crippen LogP contribution in [-0.4, -0.2) is 55.0 Å².